The van der Waals surface area contributed by atoms with Crippen molar-refractivity contribution >= 4 is 17.8 Å². The molecular weight excluding hydrogens is 364 g/mol. The average Bonchev–Trinajstić information content (AvgIpc) is 2.46. The van der Waals surface area contributed by atoms with Crippen molar-refractivity contribution in [1.29, 1.82) is 0 Å². The van der Waals surface area contributed by atoms with Crippen LogP contribution in [0.1, 0.15) is 5.56 Å². The van der Waals surface area contributed by atoms with E-state index < -0.39 is 48.4 Å². The molecule has 0 aliphatic rings. The van der Waals surface area contributed by atoms with E-state index in [-0.39, 0.29) is 5.56 Å². The Morgan fingerprint density at radius 2 is 1.52 bits per heavy atom. The van der Waals surface area contributed by atoms with Crippen molar-refractivity contribution in [2.45, 2.75) is 24.8 Å². The van der Waals surface area contributed by atoms with Crippen LogP contribution in [-0.4, -0.2) is 41.3 Å². The molecule has 0 radical (unpaired) electrons. The summed E-state index contributed by atoms with van der Waals surface area (Å²) in [5.74, 6) is -7.17. The fourth-order valence-electron chi connectivity index (χ4n) is 1.53. The average molecular weight is 373 g/mol. The molecular formula is C13H9F6NO5. The predicted octanol–water partition coefficient (Wildman–Crippen LogP) is 1.83. The van der Waals surface area contributed by atoms with Crippen LogP contribution >= 0.6 is 0 Å². The van der Waals surface area contributed by atoms with Crippen LogP contribution < -0.4 is 10.1 Å². The van der Waals surface area contributed by atoms with E-state index in [9.17, 15) is 40.7 Å². The van der Waals surface area contributed by atoms with E-state index in [1.165, 1.54) is 5.32 Å². The molecule has 1 aromatic rings. The summed E-state index contributed by atoms with van der Waals surface area (Å²) in [4.78, 5) is 32.3. The van der Waals surface area contributed by atoms with Gasteiger partial charge in [-0.1, -0.05) is 12.1 Å². The number of benzene rings is 1. The Balaban J connectivity index is 2.79. The van der Waals surface area contributed by atoms with Gasteiger partial charge < -0.3 is 15.2 Å². The molecule has 0 saturated heterocycles. The van der Waals surface area contributed by atoms with Gasteiger partial charge in [0.05, 0.1) is 0 Å². The third-order valence-corrected chi connectivity index (χ3v) is 2.67. The van der Waals surface area contributed by atoms with Gasteiger partial charge in [-0.05, 0) is 17.7 Å². The quantitative estimate of drug-likeness (QED) is 0.467. The van der Waals surface area contributed by atoms with E-state index >= 15 is 0 Å². The van der Waals surface area contributed by atoms with Gasteiger partial charge in [0, 0.05) is 6.42 Å². The summed E-state index contributed by atoms with van der Waals surface area (Å²) in [6.45, 7) is 0. The highest BCUT2D eigenvalue weighted by Gasteiger charge is 2.42. The fourth-order valence-corrected chi connectivity index (χ4v) is 1.53. The molecule has 6 nitrogen and oxygen atoms in total. The van der Waals surface area contributed by atoms with Crippen LogP contribution in [0.4, 0.5) is 26.3 Å². The summed E-state index contributed by atoms with van der Waals surface area (Å²) in [6.07, 6.45) is -11.1. The molecule has 0 spiro atoms. The molecule has 0 heterocycles. The SMILES string of the molecule is O=C(O)C(Cc1ccc(OC(=O)C(F)(F)F)cc1)NC(=O)C(F)(F)F. The minimum Gasteiger partial charge on any atom is -0.480 e. The van der Waals surface area contributed by atoms with E-state index in [1.54, 1.807) is 0 Å². The Kier molecular flexibility index (Phi) is 6.00. The number of halogens is 6. The van der Waals surface area contributed by atoms with E-state index in [4.69, 9.17) is 5.11 Å². The molecule has 1 unspecified atom stereocenters. The van der Waals surface area contributed by atoms with Gasteiger partial charge in [-0.3, -0.25) is 4.79 Å². The molecule has 0 fully saturated rings. The maximum Gasteiger partial charge on any atom is 0.491 e. The minimum atomic E-state index is -5.27. The summed E-state index contributed by atoms with van der Waals surface area (Å²) < 4.78 is 76.5. The summed E-state index contributed by atoms with van der Waals surface area (Å²) in [6, 6.07) is 1.94. The zero-order valence-corrected chi connectivity index (χ0v) is 11.9. The molecule has 25 heavy (non-hydrogen) atoms. The minimum absolute atomic E-state index is 0.0710. The van der Waals surface area contributed by atoms with Crippen molar-refractivity contribution in [3.63, 3.8) is 0 Å². The second kappa shape index (κ2) is 7.40. The van der Waals surface area contributed by atoms with E-state index in [0.29, 0.717) is 0 Å². The largest absolute Gasteiger partial charge is 0.491 e. The van der Waals surface area contributed by atoms with Crippen LogP contribution in [0, 0.1) is 0 Å². The molecule has 12 heteroatoms. The van der Waals surface area contributed by atoms with Crippen LogP contribution in [0.2, 0.25) is 0 Å². The van der Waals surface area contributed by atoms with Crippen LogP contribution in [-0.2, 0) is 20.8 Å². The molecule has 1 rings (SSSR count). The van der Waals surface area contributed by atoms with Crippen LogP contribution in [0.25, 0.3) is 0 Å². The molecule has 138 valence electrons. The van der Waals surface area contributed by atoms with Gasteiger partial charge in [-0.15, -0.1) is 0 Å². The second-order valence-electron chi connectivity index (χ2n) is 4.60. The van der Waals surface area contributed by atoms with Gasteiger partial charge in [0.2, 0.25) is 0 Å². The molecule has 2 N–H and O–H groups in total. The first-order chi connectivity index (χ1) is 11.3. The molecule has 1 aromatic carbocycles. The number of carboxylic acid groups (broad SMARTS) is 1. The van der Waals surface area contributed by atoms with Crippen LogP contribution in [0.5, 0.6) is 5.75 Å². The summed E-state index contributed by atoms with van der Waals surface area (Å²) >= 11 is 0. The number of alkyl halides is 6. The highest BCUT2D eigenvalue weighted by molar-refractivity contribution is 5.87. The van der Waals surface area contributed by atoms with E-state index in [2.05, 4.69) is 4.74 Å². The molecule has 0 bridgehead atoms. The number of esters is 1. The number of hydrogen-bond acceptors (Lipinski definition) is 4. The Morgan fingerprint density at radius 1 is 1.00 bits per heavy atom. The van der Waals surface area contributed by atoms with Gasteiger partial charge in [0.1, 0.15) is 11.8 Å². The topological polar surface area (TPSA) is 92.7 Å². The first-order valence-corrected chi connectivity index (χ1v) is 6.29. The van der Waals surface area contributed by atoms with Crippen molar-refractivity contribution in [1.82, 2.24) is 5.32 Å². The number of ether oxygens (including phenoxy) is 1. The normalized spacial score (nSPS) is 13.0. The van der Waals surface area contributed by atoms with Gasteiger partial charge in [-0.25, -0.2) is 9.59 Å². The number of amides is 1. The van der Waals surface area contributed by atoms with Crippen molar-refractivity contribution in [2.24, 2.45) is 0 Å². The Bertz CT molecular complexity index is 652. The monoisotopic (exact) mass is 373 g/mol. The smallest absolute Gasteiger partial charge is 0.480 e. The lowest BCUT2D eigenvalue weighted by atomic mass is 10.1. The molecule has 0 saturated carbocycles. The van der Waals surface area contributed by atoms with Gasteiger partial charge in [0.15, 0.2) is 0 Å². The zero-order valence-electron chi connectivity index (χ0n) is 11.9. The summed E-state index contributed by atoms with van der Waals surface area (Å²) in [7, 11) is 0. The maximum atomic E-state index is 12.1. The molecule has 0 aliphatic carbocycles. The number of nitrogens with one attached hydrogen (secondary N) is 1. The number of carboxylic acids is 1. The third kappa shape index (κ3) is 6.31. The van der Waals surface area contributed by atoms with Gasteiger partial charge in [-0.2, -0.15) is 26.3 Å². The van der Waals surface area contributed by atoms with Gasteiger partial charge in [0.25, 0.3) is 0 Å². The van der Waals surface area contributed by atoms with Crippen molar-refractivity contribution in [3.05, 3.63) is 29.8 Å². The number of hydrogen-bond donors (Lipinski definition) is 2. The van der Waals surface area contributed by atoms with Gasteiger partial charge >= 0.3 is 30.2 Å². The Morgan fingerprint density at radius 3 is 1.92 bits per heavy atom. The number of carbonyl (C=O) groups is 3. The highest BCUT2D eigenvalue weighted by atomic mass is 19.4. The van der Waals surface area contributed by atoms with Crippen molar-refractivity contribution < 1.29 is 50.6 Å². The number of rotatable bonds is 5. The standard InChI is InChI=1S/C13H9F6NO5/c14-12(15,16)10(23)20-8(9(21)22)5-6-1-3-7(4-2-6)25-11(24)13(17,18)19/h1-4,8H,5H2,(H,20,23)(H,21,22). The lowest BCUT2D eigenvalue weighted by Gasteiger charge is -2.16. The first-order valence-electron chi connectivity index (χ1n) is 6.29. The number of aliphatic carboxylic acids is 1. The summed E-state index contributed by atoms with van der Waals surface area (Å²) in [5.41, 5.74) is 0.0710. The second-order valence-corrected chi connectivity index (χ2v) is 4.60. The lowest BCUT2D eigenvalue weighted by Crippen LogP contribution is -2.47. The lowest BCUT2D eigenvalue weighted by molar-refractivity contribution is -0.189. The van der Waals surface area contributed by atoms with E-state index in [1.807, 2.05) is 0 Å². The zero-order chi connectivity index (χ0) is 19.4. The van der Waals surface area contributed by atoms with E-state index in [0.717, 1.165) is 24.3 Å². The summed E-state index contributed by atoms with van der Waals surface area (Å²) in [5, 5.41) is 10.1. The molecule has 0 aliphatic heterocycles. The van der Waals surface area contributed by atoms with Crippen molar-refractivity contribution in [3.8, 4) is 5.75 Å². The first kappa shape index (κ1) is 20.3. The Hall–Kier alpha value is -2.79. The maximum absolute atomic E-state index is 12.1. The molecule has 1 amide bonds. The van der Waals surface area contributed by atoms with Crippen LogP contribution in [0.15, 0.2) is 24.3 Å². The van der Waals surface area contributed by atoms with Crippen molar-refractivity contribution in [2.75, 3.05) is 0 Å². The predicted molar refractivity (Wildman–Crippen MR) is 67.5 cm³/mol. The number of carbonyl (C=O) groups excluding carboxylic acids is 2. The molecule has 1 atom stereocenters. The Labute approximate surface area is 135 Å². The van der Waals surface area contributed by atoms with Crippen LogP contribution in [0.3, 0.4) is 0 Å². The highest BCUT2D eigenvalue weighted by Crippen LogP contribution is 2.21. The molecule has 0 aromatic heterocycles. The fraction of sp³-hybridized carbons (Fsp3) is 0.308. The third-order valence-electron chi connectivity index (χ3n) is 2.67.